The second kappa shape index (κ2) is 10.3. The van der Waals surface area contributed by atoms with Gasteiger partial charge < -0.3 is 19.3 Å². The fourth-order valence-corrected chi connectivity index (χ4v) is 7.54. The van der Waals surface area contributed by atoms with Crippen LogP contribution in [0.3, 0.4) is 0 Å². The maximum Gasteiger partial charge on any atom is 0.151 e. The van der Waals surface area contributed by atoms with Gasteiger partial charge in [-0.2, -0.15) is 0 Å². The lowest BCUT2D eigenvalue weighted by molar-refractivity contribution is 0.477. The summed E-state index contributed by atoms with van der Waals surface area (Å²) in [5.41, 5.74) is 9.54. The van der Waals surface area contributed by atoms with Crippen LogP contribution >= 0.6 is 0 Å². The van der Waals surface area contributed by atoms with Crippen molar-refractivity contribution < 1.29 is 9.47 Å². The standard InChI is InChI=1S/C44H26N4O2/c1-2-12-34-33(11-1)45-43-29-23-21-27(47-35-13-3-7-17-39(35)49-40-18-8-4-14-36(40)47)25-31(29)32-26-28(22-24-30(32)44(43)46-34)48-37-15-5-9-19-41(37)50-42-20-10-6-16-38(42)48/h1-26H. The minimum atomic E-state index is 0.818. The molecule has 0 aliphatic carbocycles. The SMILES string of the molecule is c1ccc2c(c1)Oc1ccccc1N2c1ccc2c(c1)c1cc(N3c4ccccc4Oc4ccccc43)ccc1c1nc3ccccc3nc21. The number of hydrogen-bond donors (Lipinski definition) is 0. The number of aromatic nitrogens is 2. The number of benzene rings is 8. The first-order valence-corrected chi connectivity index (χ1v) is 16.7. The zero-order chi connectivity index (χ0) is 32.8. The summed E-state index contributed by atoms with van der Waals surface area (Å²) in [5.74, 6) is 3.27. The normalized spacial score (nSPS) is 13.0. The van der Waals surface area contributed by atoms with Crippen LogP contribution in [0.4, 0.5) is 34.1 Å². The number of para-hydroxylation sites is 10. The zero-order valence-corrected chi connectivity index (χ0v) is 26.6. The van der Waals surface area contributed by atoms with Crippen molar-refractivity contribution in [3.8, 4) is 23.0 Å². The summed E-state index contributed by atoms with van der Waals surface area (Å²) in [7, 11) is 0. The lowest BCUT2D eigenvalue weighted by atomic mass is 9.97. The van der Waals surface area contributed by atoms with E-state index in [1.807, 2.05) is 72.8 Å². The summed E-state index contributed by atoms with van der Waals surface area (Å²) in [6.45, 7) is 0. The number of rotatable bonds is 2. The topological polar surface area (TPSA) is 50.7 Å². The molecule has 6 heteroatoms. The van der Waals surface area contributed by atoms with Gasteiger partial charge in [-0.3, -0.25) is 0 Å². The Labute approximate surface area is 287 Å². The monoisotopic (exact) mass is 642 g/mol. The van der Waals surface area contributed by atoms with E-state index in [0.717, 1.165) is 101 Å². The molecule has 0 amide bonds. The van der Waals surface area contributed by atoms with E-state index in [-0.39, 0.29) is 0 Å². The molecule has 2 aliphatic rings. The van der Waals surface area contributed by atoms with Crippen molar-refractivity contribution in [3.63, 3.8) is 0 Å². The van der Waals surface area contributed by atoms with Gasteiger partial charge in [-0.15, -0.1) is 0 Å². The minimum Gasteiger partial charge on any atom is -0.453 e. The second-order valence-corrected chi connectivity index (χ2v) is 12.6. The number of fused-ring (bicyclic) bond motifs is 11. The van der Waals surface area contributed by atoms with Crippen LogP contribution in [0, 0.1) is 0 Å². The van der Waals surface area contributed by atoms with Crippen LogP contribution < -0.4 is 19.3 Å². The lowest BCUT2D eigenvalue weighted by Crippen LogP contribution is -2.16. The molecule has 234 valence electrons. The third-order valence-electron chi connectivity index (χ3n) is 9.76. The van der Waals surface area contributed by atoms with Crippen LogP contribution in [-0.4, -0.2) is 9.97 Å². The Kier molecular flexibility index (Phi) is 5.57. The number of nitrogens with zero attached hydrogens (tertiary/aromatic N) is 4. The van der Waals surface area contributed by atoms with E-state index in [1.54, 1.807) is 0 Å². The smallest absolute Gasteiger partial charge is 0.151 e. The van der Waals surface area contributed by atoms with E-state index in [1.165, 1.54) is 0 Å². The van der Waals surface area contributed by atoms with E-state index in [0.29, 0.717) is 0 Å². The van der Waals surface area contributed by atoms with Crippen molar-refractivity contribution in [2.45, 2.75) is 0 Å². The molecule has 0 atom stereocenters. The van der Waals surface area contributed by atoms with Crippen molar-refractivity contribution in [1.29, 1.82) is 0 Å². The maximum absolute atomic E-state index is 6.35. The lowest BCUT2D eigenvalue weighted by Gasteiger charge is -2.33. The predicted octanol–water partition coefficient (Wildman–Crippen LogP) is 12.2. The Hall–Kier alpha value is -6.92. The molecule has 0 saturated heterocycles. The quantitative estimate of drug-likeness (QED) is 0.138. The van der Waals surface area contributed by atoms with Crippen LogP contribution in [0.15, 0.2) is 158 Å². The highest BCUT2D eigenvalue weighted by atomic mass is 16.5. The van der Waals surface area contributed by atoms with Crippen LogP contribution in [0.1, 0.15) is 0 Å². The zero-order valence-electron chi connectivity index (χ0n) is 26.6. The molecule has 0 saturated carbocycles. The maximum atomic E-state index is 6.35. The summed E-state index contributed by atoms with van der Waals surface area (Å²) in [6.07, 6.45) is 0. The Morgan fingerprint density at radius 2 is 0.680 bits per heavy atom. The summed E-state index contributed by atoms with van der Waals surface area (Å²) in [4.78, 5) is 15.0. The first-order chi connectivity index (χ1) is 24.8. The Balaban J connectivity index is 1.22. The molecule has 0 bridgehead atoms. The number of hydrogen-bond acceptors (Lipinski definition) is 6. The average Bonchev–Trinajstić information content (AvgIpc) is 3.18. The molecule has 8 aromatic carbocycles. The first kappa shape index (κ1) is 27.1. The van der Waals surface area contributed by atoms with Gasteiger partial charge in [0.2, 0.25) is 0 Å². The molecular formula is C44H26N4O2. The molecule has 0 spiro atoms. The van der Waals surface area contributed by atoms with Crippen molar-refractivity contribution >= 4 is 77.7 Å². The molecule has 2 aliphatic heterocycles. The summed E-state index contributed by atoms with van der Waals surface area (Å²) >= 11 is 0. The molecule has 0 unspecified atom stereocenters. The van der Waals surface area contributed by atoms with Gasteiger partial charge in [0.25, 0.3) is 0 Å². The van der Waals surface area contributed by atoms with Crippen molar-refractivity contribution in [1.82, 2.24) is 9.97 Å². The van der Waals surface area contributed by atoms with Crippen LogP contribution in [0.25, 0.3) is 43.6 Å². The summed E-state index contributed by atoms with van der Waals surface area (Å²) in [5, 5.41) is 4.27. The molecule has 1 aromatic heterocycles. The number of anilines is 6. The van der Waals surface area contributed by atoms with Gasteiger partial charge >= 0.3 is 0 Å². The van der Waals surface area contributed by atoms with Crippen LogP contribution in [0.5, 0.6) is 23.0 Å². The Morgan fingerprint density at radius 1 is 0.340 bits per heavy atom. The fraction of sp³-hybridized carbons (Fsp3) is 0. The van der Waals surface area contributed by atoms with E-state index in [4.69, 9.17) is 19.4 Å². The Bertz CT molecular complexity index is 2580. The van der Waals surface area contributed by atoms with Crippen molar-refractivity contribution in [2.24, 2.45) is 0 Å². The highest BCUT2D eigenvalue weighted by Crippen LogP contribution is 2.53. The molecule has 3 heterocycles. The van der Waals surface area contributed by atoms with Gasteiger partial charge in [0.15, 0.2) is 23.0 Å². The average molecular weight is 643 g/mol. The van der Waals surface area contributed by atoms with Gasteiger partial charge in [0, 0.05) is 22.1 Å². The Morgan fingerprint density at radius 3 is 1.06 bits per heavy atom. The molecule has 9 aromatic rings. The predicted molar refractivity (Wildman–Crippen MR) is 202 cm³/mol. The van der Waals surface area contributed by atoms with Gasteiger partial charge in [-0.1, -0.05) is 72.8 Å². The highest BCUT2D eigenvalue weighted by Gasteiger charge is 2.28. The third-order valence-corrected chi connectivity index (χ3v) is 9.76. The molecule has 0 N–H and O–H groups in total. The molecule has 0 fully saturated rings. The first-order valence-electron chi connectivity index (χ1n) is 16.7. The molecule has 11 rings (SSSR count). The minimum absolute atomic E-state index is 0.818. The molecular weight excluding hydrogens is 617 g/mol. The van der Waals surface area contributed by atoms with E-state index in [2.05, 4.69) is 94.7 Å². The second-order valence-electron chi connectivity index (χ2n) is 12.6. The van der Waals surface area contributed by atoms with Crippen LogP contribution in [-0.2, 0) is 0 Å². The van der Waals surface area contributed by atoms with Crippen LogP contribution in [0.2, 0.25) is 0 Å². The number of ether oxygens (including phenoxy) is 2. The summed E-state index contributed by atoms with van der Waals surface area (Å²) in [6, 6.07) is 54.2. The molecule has 50 heavy (non-hydrogen) atoms. The van der Waals surface area contributed by atoms with Crippen molar-refractivity contribution in [2.75, 3.05) is 9.80 Å². The third kappa shape index (κ3) is 3.90. The van der Waals surface area contributed by atoms with E-state index >= 15 is 0 Å². The summed E-state index contributed by atoms with van der Waals surface area (Å²) < 4.78 is 12.7. The van der Waals surface area contributed by atoms with Gasteiger partial charge in [-0.05, 0) is 95.7 Å². The van der Waals surface area contributed by atoms with Gasteiger partial charge in [0.1, 0.15) is 0 Å². The van der Waals surface area contributed by atoms with E-state index in [9.17, 15) is 0 Å². The largest absolute Gasteiger partial charge is 0.453 e. The van der Waals surface area contributed by atoms with Gasteiger partial charge in [-0.25, -0.2) is 9.97 Å². The van der Waals surface area contributed by atoms with Crippen molar-refractivity contribution in [3.05, 3.63) is 158 Å². The molecule has 6 nitrogen and oxygen atoms in total. The highest BCUT2D eigenvalue weighted by molar-refractivity contribution is 6.25. The van der Waals surface area contributed by atoms with Gasteiger partial charge in [0.05, 0.1) is 44.8 Å². The molecule has 0 radical (unpaired) electrons. The fourth-order valence-electron chi connectivity index (χ4n) is 7.54. The van der Waals surface area contributed by atoms with E-state index < -0.39 is 0 Å².